The molecule has 1 aromatic carbocycles. The zero-order valence-corrected chi connectivity index (χ0v) is 9.70. The van der Waals surface area contributed by atoms with E-state index in [9.17, 15) is 14.9 Å². The molecule has 0 bridgehead atoms. The van der Waals surface area contributed by atoms with Gasteiger partial charge < -0.3 is 10.4 Å². The van der Waals surface area contributed by atoms with E-state index < -0.39 is 10.9 Å². The van der Waals surface area contributed by atoms with Crippen LogP contribution in [0.15, 0.2) is 24.3 Å². The van der Waals surface area contributed by atoms with Crippen LogP contribution in [0.3, 0.4) is 0 Å². The van der Waals surface area contributed by atoms with Crippen LogP contribution in [-0.2, 0) is 11.3 Å². The lowest BCUT2D eigenvalue weighted by molar-refractivity contribution is -0.384. The van der Waals surface area contributed by atoms with E-state index in [1.807, 2.05) is 0 Å². The molecule has 0 radical (unpaired) electrons. The van der Waals surface area contributed by atoms with E-state index in [-0.39, 0.29) is 17.6 Å². The second kappa shape index (κ2) is 5.14. The summed E-state index contributed by atoms with van der Waals surface area (Å²) in [7, 11) is 0. The monoisotopic (exact) mass is 250 g/mol. The molecule has 6 nitrogen and oxygen atoms in total. The number of carbonyl (C=O) groups is 1. The van der Waals surface area contributed by atoms with Gasteiger partial charge in [-0.05, 0) is 18.4 Å². The minimum atomic E-state index is -0.762. The van der Waals surface area contributed by atoms with Gasteiger partial charge in [-0.15, -0.1) is 0 Å². The molecule has 96 valence electrons. The average Bonchev–Trinajstić information content (AvgIpc) is 2.27. The molecule has 0 aliphatic heterocycles. The number of nitrogens with one attached hydrogen (secondary N) is 1. The van der Waals surface area contributed by atoms with E-state index in [1.165, 1.54) is 12.1 Å². The van der Waals surface area contributed by atoms with Crippen LogP contribution in [0.2, 0.25) is 0 Å². The normalized spacial score (nSPS) is 22.2. The summed E-state index contributed by atoms with van der Waals surface area (Å²) in [6, 6.07) is 6.27. The van der Waals surface area contributed by atoms with Gasteiger partial charge in [0, 0.05) is 24.7 Å². The highest BCUT2D eigenvalue weighted by molar-refractivity contribution is 5.72. The first-order chi connectivity index (χ1) is 8.58. The molecule has 2 unspecified atom stereocenters. The van der Waals surface area contributed by atoms with E-state index in [0.717, 1.165) is 12.0 Å². The number of rotatable bonds is 5. The molecule has 1 aliphatic rings. The minimum absolute atomic E-state index is 0.0118. The third kappa shape index (κ3) is 2.65. The first-order valence-electron chi connectivity index (χ1n) is 5.77. The number of benzene rings is 1. The molecule has 2 N–H and O–H groups in total. The smallest absolute Gasteiger partial charge is 0.308 e. The molecule has 1 saturated carbocycles. The number of non-ortho nitro benzene ring substituents is 1. The largest absolute Gasteiger partial charge is 0.481 e. The predicted octanol–water partition coefficient (Wildman–Crippen LogP) is 1.55. The second-order valence-corrected chi connectivity index (χ2v) is 4.43. The zero-order valence-electron chi connectivity index (χ0n) is 9.70. The lowest BCUT2D eigenvalue weighted by Gasteiger charge is -2.34. The van der Waals surface area contributed by atoms with Crippen LogP contribution in [0, 0.1) is 16.0 Å². The fourth-order valence-corrected chi connectivity index (χ4v) is 2.02. The zero-order chi connectivity index (χ0) is 13.1. The molecular formula is C12H14N2O4. The number of carboxylic acid groups (broad SMARTS) is 1. The second-order valence-electron chi connectivity index (χ2n) is 4.43. The summed E-state index contributed by atoms with van der Waals surface area (Å²) in [5.74, 6) is -1.06. The number of nitro benzene ring substituents is 1. The summed E-state index contributed by atoms with van der Waals surface area (Å²) in [6.07, 6.45) is 1.58. The highest BCUT2D eigenvalue weighted by Crippen LogP contribution is 2.27. The van der Waals surface area contributed by atoms with Crippen molar-refractivity contribution >= 4 is 11.7 Å². The van der Waals surface area contributed by atoms with Gasteiger partial charge in [0.05, 0.1) is 10.8 Å². The van der Waals surface area contributed by atoms with Gasteiger partial charge in [-0.1, -0.05) is 12.1 Å². The molecule has 2 atom stereocenters. The molecule has 0 saturated heterocycles. The van der Waals surface area contributed by atoms with Crippen LogP contribution in [-0.4, -0.2) is 22.0 Å². The molecular weight excluding hydrogens is 236 g/mol. The van der Waals surface area contributed by atoms with Crippen molar-refractivity contribution in [3.63, 3.8) is 0 Å². The minimum Gasteiger partial charge on any atom is -0.481 e. The van der Waals surface area contributed by atoms with Gasteiger partial charge in [0.15, 0.2) is 0 Å². The summed E-state index contributed by atoms with van der Waals surface area (Å²) in [5.41, 5.74) is 0.974. The topological polar surface area (TPSA) is 92.5 Å². The average molecular weight is 250 g/mol. The SMILES string of the molecule is O=C(O)C1CCC1NCc1ccc([N+](=O)[O-])cc1. The molecule has 18 heavy (non-hydrogen) atoms. The highest BCUT2D eigenvalue weighted by Gasteiger charge is 2.35. The third-order valence-electron chi connectivity index (χ3n) is 3.31. The first kappa shape index (κ1) is 12.5. The maximum Gasteiger partial charge on any atom is 0.308 e. The molecule has 0 amide bonds. The number of nitro groups is 1. The third-order valence-corrected chi connectivity index (χ3v) is 3.31. The van der Waals surface area contributed by atoms with Gasteiger partial charge in [-0.3, -0.25) is 14.9 Å². The maximum atomic E-state index is 10.8. The van der Waals surface area contributed by atoms with Gasteiger partial charge in [-0.2, -0.15) is 0 Å². The van der Waals surface area contributed by atoms with E-state index in [0.29, 0.717) is 13.0 Å². The fourth-order valence-electron chi connectivity index (χ4n) is 2.02. The quantitative estimate of drug-likeness (QED) is 0.611. The van der Waals surface area contributed by atoms with Crippen molar-refractivity contribution < 1.29 is 14.8 Å². The van der Waals surface area contributed by atoms with Crippen molar-refractivity contribution in [2.24, 2.45) is 5.92 Å². The Kier molecular flexibility index (Phi) is 3.57. The summed E-state index contributed by atoms with van der Waals surface area (Å²) in [4.78, 5) is 20.8. The van der Waals surface area contributed by atoms with Crippen LogP contribution in [0.25, 0.3) is 0 Å². The Labute approximate surface area is 104 Å². The van der Waals surface area contributed by atoms with Gasteiger partial charge in [-0.25, -0.2) is 0 Å². The molecule has 0 aromatic heterocycles. The van der Waals surface area contributed by atoms with Crippen molar-refractivity contribution in [2.75, 3.05) is 0 Å². The number of carboxylic acids is 1. The lowest BCUT2D eigenvalue weighted by atomic mass is 9.79. The first-order valence-corrected chi connectivity index (χ1v) is 5.77. The van der Waals surface area contributed by atoms with E-state index in [1.54, 1.807) is 12.1 Å². The van der Waals surface area contributed by atoms with Crippen LogP contribution in [0.4, 0.5) is 5.69 Å². The van der Waals surface area contributed by atoms with Gasteiger partial charge in [0.1, 0.15) is 0 Å². The maximum absolute atomic E-state index is 10.8. The number of aliphatic carboxylic acids is 1. The summed E-state index contributed by atoms with van der Waals surface area (Å²) >= 11 is 0. The van der Waals surface area contributed by atoms with Crippen molar-refractivity contribution in [3.8, 4) is 0 Å². The Hall–Kier alpha value is -1.95. The number of nitrogens with zero attached hydrogens (tertiary/aromatic N) is 1. The lowest BCUT2D eigenvalue weighted by Crippen LogP contribution is -2.47. The summed E-state index contributed by atoms with van der Waals surface area (Å²) in [6.45, 7) is 0.534. The van der Waals surface area contributed by atoms with E-state index in [2.05, 4.69) is 5.32 Å². The van der Waals surface area contributed by atoms with Crippen molar-refractivity contribution in [1.82, 2.24) is 5.32 Å². The van der Waals surface area contributed by atoms with Crippen molar-refractivity contribution in [2.45, 2.75) is 25.4 Å². The number of hydrogen-bond acceptors (Lipinski definition) is 4. The van der Waals surface area contributed by atoms with Crippen LogP contribution in [0.5, 0.6) is 0 Å². The van der Waals surface area contributed by atoms with Crippen molar-refractivity contribution in [3.05, 3.63) is 39.9 Å². The van der Waals surface area contributed by atoms with Crippen molar-refractivity contribution in [1.29, 1.82) is 0 Å². The van der Waals surface area contributed by atoms with Gasteiger partial charge in [0.2, 0.25) is 0 Å². The molecule has 1 aliphatic carbocycles. The standard InChI is InChI=1S/C12H14N2O4/c15-12(16)10-5-6-11(10)13-7-8-1-3-9(4-2-8)14(17)18/h1-4,10-11,13H,5-7H2,(H,15,16). The number of hydrogen-bond donors (Lipinski definition) is 2. The molecule has 0 heterocycles. The highest BCUT2D eigenvalue weighted by atomic mass is 16.6. The molecule has 2 rings (SSSR count). The van der Waals surface area contributed by atoms with Gasteiger partial charge >= 0.3 is 5.97 Å². The molecule has 1 fully saturated rings. The Balaban J connectivity index is 1.87. The van der Waals surface area contributed by atoms with Crippen LogP contribution >= 0.6 is 0 Å². The fraction of sp³-hybridized carbons (Fsp3) is 0.417. The Morgan fingerprint density at radius 3 is 2.50 bits per heavy atom. The van der Waals surface area contributed by atoms with Gasteiger partial charge in [0.25, 0.3) is 5.69 Å². The Morgan fingerprint density at radius 1 is 1.39 bits per heavy atom. The van der Waals surface area contributed by atoms with E-state index in [4.69, 9.17) is 5.11 Å². The summed E-state index contributed by atoms with van der Waals surface area (Å²) in [5, 5.41) is 22.5. The van der Waals surface area contributed by atoms with E-state index >= 15 is 0 Å². The Morgan fingerprint density at radius 2 is 2.06 bits per heavy atom. The summed E-state index contributed by atoms with van der Waals surface area (Å²) < 4.78 is 0. The predicted molar refractivity (Wildman–Crippen MR) is 64.1 cm³/mol. The Bertz CT molecular complexity index is 458. The molecule has 1 aromatic rings. The molecule has 0 spiro atoms. The molecule has 6 heteroatoms. The van der Waals surface area contributed by atoms with Crippen LogP contribution in [0.1, 0.15) is 18.4 Å². The van der Waals surface area contributed by atoms with Crippen LogP contribution < -0.4 is 5.32 Å².